The molecule has 9 rings (SSSR count). The van der Waals surface area contributed by atoms with Gasteiger partial charge in [0.15, 0.2) is 0 Å². The zero-order valence-corrected chi connectivity index (χ0v) is 35.7. The SMILES string of the molecule is C.[Cl][Ru+3].[NH-]C1CCCCC1[NH-].c1ccc([PH+](c2ccccc2)c2ccc3ccccc3c2-c2c([PH+](c3ccccc3)c3ccccc3)ccc3ccccc23)cc1. The summed E-state index contributed by atoms with van der Waals surface area (Å²) in [6, 6.07) is 72.1. The van der Waals surface area contributed by atoms with Crippen LogP contribution in [0.1, 0.15) is 33.1 Å². The Morgan fingerprint density at radius 1 is 0.386 bits per heavy atom. The summed E-state index contributed by atoms with van der Waals surface area (Å²) in [6.45, 7) is 0. The number of benzene rings is 8. The van der Waals surface area contributed by atoms with Crippen LogP contribution in [0, 0.1) is 0 Å². The third kappa shape index (κ3) is 9.82. The Kier molecular flexibility index (Phi) is 15.8. The molecular weight excluding hydrogens is 839 g/mol. The molecule has 0 aliphatic heterocycles. The van der Waals surface area contributed by atoms with Gasteiger partial charge < -0.3 is 11.5 Å². The third-order valence-electron chi connectivity index (χ3n) is 10.7. The van der Waals surface area contributed by atoms with Gasteiger partial charge in [0.1, 0.15) is 31.8 Å². The van der Waals surface area contributed by atoms with Crippen molar-refractivity contribution in [2.75, 3.05) is 0 Å². The minimum Gasteiger partial charge on any atom is -0.676 e. The van der Waals surface area contributed by atoms with Crippen molar-refractivity contribution in [2.24, 2.45) is 0 Å². The van der Waals surface area contributed by atoms with Crippen molar-refractivity contribution in [3.05, 3.63) is 206 Å². The largest absolute Gasteiger partial charge is 0.676 e. The smallest absolute Gasteiger partial charge is 0.111 e. The Balaban J connectivity index is 0.000000443. The molecule has 57 heavy (non-hydrogen) atoms. The van der Waals surface area contributed by atoms with Gasteiger partial charge in [-0.2, -0.15) is 12.1 Å². The third-order valence-corrected chi connectivity index (χ3v) is 16.2. The summed E-state index contributed by atoms with van der Waals surface area (Å²) in [5.41, 5.74) is 17.3. The topological polar surface area (TPSA) is 47.6 Å². The van der Waals surface area contributed by atoms with Gasteiger partial charge in [0.05, 0.1) is 15.8 Å². The molecule has 286 valence electrons. The van der Waals surface area contributed by atoms with Gasteiger partial charge in [-0.05, 0) is 82.2 Å². The Morgan fingerprint density at radius 3 is 0.965 bits per heavy atom. The first-order valence-corrected chi connectivity index (χ1v) is 24.5. The van der Waals surface area contributed by atoms with Crippen LogP contribution in [0.15, 0.2) is 194 Å². The first-order chi connectivity index (χ1) is 27.7. The summed E-state index contributed by atoms with van der Waals surface area (Å²) in [7, 11) is 1.83. The van der Waals surface area contributed by atoms with E-state index in [1.807, 2.05) is 17.3 Å². The maximum atomic E-state index is 7.29. The predicted octanol–water partition coefficient (Wildman–Crippen LogP) is 12.4. The number of halogens is 1. The van der Waals surface area contributed by atoms with Crippen LogP contribution in [-0.4, -0.2) is 12.1 Å². The molecule has 0 spiro atoms. The quantitative estimate of drug-likeness (QED) is 0.113. The van der Waals surface area contributed by atoms with Crippen LogP contribution in [0.2, 0.25) is 0 Å². The number of hydrogen-bond donors (Lipinski definition) is 0. The van der Waals surface area contributed by atoms with Crippen molar-refractivity contribution in [2.45, 2.75) is 45.2 Å². The van der Waals surface area contributed by atoms with E-state index in [0.29, 0.717) is 0 Å². The molecule has 1 aliphatic carbocycles. The predicted molar refractivity (Wildman–Crippen MR) is 254 cm³/mol. The van der Waals surface area contributed by atoms with Crippen LogP contribution >= 0.6 is 25.5 Å². The normalized spacial score (nSPS) is 14.9. The first kappa shape index (κ1) is 42.6. The van der Waals surface area contributed by atoms with E-state index in [9.17, 15) is 0 Å². The average Bonchev–Trinajstić information content (AvgIpc) is 3.27. The van der Waals surface area contributed by atoms with Gasteiger partial charge in [0.25, 0.3) is 0 Å². The van der Waals surface area contributed by atoms with Gasteiger partial charge in [-0.25, -0.2) is 0 Å². The van der Waals surface area contributed by atoms with Gasteiger partial charge in [0, 0.05) is 11.1 Å². The number of nitrogens with one attached hydrogen (secondary N) is 2. The standard InChI is InChI=1S/C44H32P2.C6H12N2.CH4.ClH.Ru/c1-5-19-35(20-6-1)45(36-21-7-2-8-22-36)41-31-29-33-17-13-15-27-39(33)43(41)44-40-28-16-14-18-34(40)30-32-42(44)46(37-23-9-3-10-24-37)38-25-11-4-12-26-38;7-5-3-1-2-4-6(5)8;;;/h1-32H;5-8H,1-4H2;1H4;1H;/q;-2;;;+4/p+1. The molecule has 2 unspecified atom stereocenters. The molecular formula is C51H50ClN2P2Ru+3. The van der Waals surface area contributed by atoms with Crippen molar-refractivity contribution < 1.29 is 17.3 Å². The molecule has 2 nitrogen and oxygen atoms in total. The van der Waals surface area contributed by atoms with Crippen LogP contribution in [-0.2, 0) is 17.3 Å². The fourth-order valence-corrected chi connectivity index (χ4v) is 13.5. The van der Waals surface area contributed by atoms with Crippen LogP contribution in [0.25, 0.3) is 44.1 Å². The summed E-state index contributed by atoms with van der Waals surface area (Å²) in [4.78, 5) is 0. The Morgan fingerprint density at radius 2 is 0.667 bits per heavy atom. The van der Waals surface area contributed by atoms with Gasteiger partial charge in [-0.15, -0.1) is 0 Å². The van der Waals surface area contributed by atoms with E-state index < -0.39 is 15.8 Å². The number of hydrogen-bond acceptors (Lipinski definition) is 0. The second kappa shape index (κ2) is 21.1. The molecule has 8 aromatic carbocycles. The van der Waals surface area contributed by atoms with E-state index in [0.717, 1.165) is 12.8 Å². The second-order valence-corrected chi connectivity index (χ2v) is 19.0. The Labute approximate surface area is 355 Å². The summed E-state index contributed by atoms with van der Waals surface area (Å²) in [5, 5.41) is 13.6. The molecule has 6 heteroatoms. The van der Waals surface area contributed by atoms with Crippen LogP contribution in [0.3, 0.4) is 0 Å². The maximum absolute atomic E-state index is 7.29. The van der Waals surface area contributed by atoms with E-state index >= 15 is 0 Å². The minimum atomic E-state index is -1.37. The summed E-state index contributed by atoms with van der Waals surface area (Å²) < 4.78 is 0. The van der Waals surface area contributed by atoms with Crippen LogP contribution < -0.4 is 31.8 Å². The molecule has 0 radical (unpaired) electrons. The zero-order chi connectivity index (χ0) is 38.7. The Hall–Kier alpha value is -4.03. The fraction of sp³-hybridized carbons (Fsp3) is 0.137. The van der Waals surface area contributed by atoms with E-state index in [1.54, 1.807) is 0 Å². The van der Waals surface area contributed by atoms with Crippen molar-refractivity contribution in [1.82, 2.24) is 0 Å². The monoisotopic (exact) mass is 889 g/mol. The first-order valence-electron chi connectivity index (χ1n) is 19.2. The zero-order valence-electron chi connectivity index (χ0n) is 31.2. The maximum Gasteiger partial charge on any atom is 0.111 e. The second-order valence-electron chi connectivity index (χ2n) is 14.1. The number of fused-ring (bicyclic) bond motifs is 2. The van der Waals surface area contributed by atoms with Crippen molar-refractivity contribution >= 4 is 78.9 Å². The van der Waals surface area contributed by atoms with Gasteiger partial charge in [-0.1, -0.05) is 167 Å². The molecule has 0 heterocycles. The molecule has 0 bridgehead atoms. The van der Waals surface area contributed by atoms with Gasteiger partial charge >= 0.3 is 27.0 Å². The molecule has 2 N–H and O–H groups in total. The fourth-order valence-electron chi connectivity index (χ4n) is 8.00. The summed E-state index contributed by atoms with van der Waals surface area (Å²) in [5.74, 6) is 0. The van der Waals surface area contributed by atoms with Crippen LogP contribution in [0.5, 0.6) is 0 Å². The van der Waals surface area contributed by atoms with Gasteiger partial charge in [-0.3, -0.25) is 0 Å². The minimum absolute atomic E-state index is 0. The van der Waals surface area contributed by atoms with E-state index in [1.165, 1.54) is 77.3 Å². The molecule has 8 aromatic rings. The van der Waals surface area contributed by atoms with Crippen molar-refractivity contribution in [3.63, 3.8) is 0 Å². The van der Waals surface area contributed by atoms with E-state index in [-0.39, 0.29) is 19.5 Å². The molecule has 0 aromatic heterocycles. The van der Waals surface area contributed by atoms with Crippen molar-refractivity contribution in [3.8, 4) is 11.1 Å². The Bertz CT molecular complexity index is 2200. The molecule has 1 aliphatic rings. The summed E-state index contributed by atoms with van der Waals surface area (Å²) in [6.07, 6.45) is 4.25. The number of rotatable bonds is 7. The summed E-state index contributed by atoms with van der Waals surface area (Å²) >= 11 is 1.82. The average molecular weight is 889 g/mol. The van der Waals surface area contributed by atoms with E-state index in [4.69, 9.17) is 11.5 Å². The van der Waals surface area contributed by atoms with E-state index in [2.05, 4.69) is 204 Å². The molecule has 1 fully saturated rings. The molecule has 2 atom stereocenters. The van der Waals surface area contributed by atoms with Crippen molar-refractivity contribution in [1.29, 1.82) is 0 Å². The van der Waals surface area contributed by atoms with Gasteiger partial charge in [0.2, 0.25) is 0 Å². The molecule has 1 saturated carbocycles. The molecule has 0 amide bonds. The van der Waals surface area contributed by atoms with Crippen LogP contribution in [0.4, 0.5) is 0 Å². The molecule has 0 saturated heterocycles.